The van der Waals surface area contributed by atoms with Gasteiger partial charge in [0.15, 0.2) is 0 Å². The predicted molar refractivity (Wildman–Crippen MR) is 72.5 cm³/mol. The summed E-state index contributed by atoms with van der Waals surface area (Å²) in [5.74, 6) is 0.0523. The van der Waals surface area contributed by atoms with Crippen LogP contribution in [-0.2, 0) is 0 Å². The summed E-state index contributed by atoms with van der Waals surface area (Å²) in [6.45, 7) is 3.77. The molecule has 108 valence electrons. The van der Waals surface area contributed by atoms with Crippen molar-refractivity contribution in [2.45, 2.75) is 20.2 Å². The Kier molecular flexibility index (Phi) is 4.24. The standard InChI is InChI=1S/C12H9BrF3NO2S/c1-6-7(2)20-11(17-6)18-8-3-4-10(9(13)5-8)19-12(14,15)16/h3-5H,1-2H3. The van der Waals surface area contributed by atoms with E-state index in [0.717, 1.165) is 10.6 Å². The highest BCUT2D eigenvalue weighted by Gasteiger charge is 2.32. The topological polar surface area (TPSA) is 31.4 Å². The molecule has 0 saturated carbocycles. The number of alkyl halides is 3. The summed E-state index contributed by atoms with van der Waals surface area (Å²) in [5, 5.41) is 0.441. The normalized spacial score (nSPS) is 11.5. The molecule has 0 aliphatic heterocycles. The van der Waals surface area contributed by atoms with Gasteiger partial charge in [-0.2, -0.15) is 0 Å². The zero-order chi connectivity index (χ0) is 14.9. The summed E-state index contributed by atoms with van der Waals surface area (Å²) in [6, 6.07) is 3.96. The molecule has 1 heterocycles. The molecule has 0 amide bonds. The first-order valence-corrected chi connectivity index (χ1v) is 7.03. The highest BCUT2D eigenvalue weighted by Crippen LogP contribution is 2.35. The lowest BCUT2D eigenvalue weighted by Gasteiger charge is -2.11. The number of rotatable bonds is 3. The predicted octanol–water partition coefficient (Wildman–Crippen LogP) is 5.21. The third-order valence-electron chi connectivity index (χ3n) is 2.34. The highest BCUT2D eigenvalue weighted by atomic mass is 79.9. The van der Waals surface area contributed by atoms with Crippen molar-refractivity contribution >= 4 is 27.3 Å². The summed E-state index contributed by atoms with van der Waals surface area (Å²) in [6.07, 6.45) is -4.73. The van der Waals surface area contributed by atoms with Gasteiger partial charge >= 0.3 is 6.36 Å². The number of nitrogens with zero attached hydrogens (tertiary/aromatic N) is 1. The second-order valence-electron chi connectivity index (χ2n) is 3.86. The fraction of sp³-hybridized carbons (Fsp3) is 0.250. The van der Waals surface area contributed by atoms with Gasteiger partial charge in [0.25, 0.3) is 5.19 Å². The van der Waals surface area contributed by atoms with E-state index < -0.39 is 6.36 Å². The molecule has 0 radical (unpaired) electrons. The zero-order valence-electron chi connectivity index (χ0n) is 10.4. The average molecular weight is 368 g/mol. The van der Waals surface area contributed by atoms with Gasteiger partial charge in [-0.25, -0.2) is 4.98 Å². The molecule has 0 aliphatic carbocycles. The SMILES string of the molecule is Cc1nc(Oc2ccc(OC(F)(F)F)c(Br)c2)sc1C. The van der Waals surface area contributed by atoms with Crippen LogP contribution in [0.3, 0.4) is 0 Å². The minimum atomic E-state index is -4.73. The monoisotopic (exact) mass is 367 g/mol. The molecule has 0 bridgehead atoms. The third-order valence-corrected chi connectivity index (χ3v) is 3.91. The van der Waals surface area contributed by atoms with Crippen LogP contribution < -0.4 is 9.47 Å². The van der Waals surface area contributed by atoms with Gasteiger partial charge in [-0.3, -0.25) is 0 Å². The van der Waals surface area contributed by atoms with Crippen LogP contribution >= 0.6 is 27.3 Å². The van der Waals surface area contributed by atoms with Crippen molar-refractivity contribution in [1.82, 2.24) is 4.98 Å². The Morgan fingerprint density at radius 2 is 1.95 bits per heavy atom. The van der Waals surface area contributed by atoms with E-state index >= 15 is 0 Å². The van der Waals surface area contributed by atoms with Crippen molar-refractivity contribution in [1.29, 1.82) is 0 Å². The quantitative estimate of drug-likeness (QED) is 0.745. The van der Waals surface area contributed by atoms with Crippen LogP contribution in [0.5, 0.6) is 16.7 Å². The maximum Gasteiger partial charge on any atom is 0.573 e. The first kappa shape index (κ1) is 15.1. The van der Waals surface area contributed by atoms with E-state index in [1.807, 2.05) is 13.8 Å². The molecular weight excluding hydrogens is 359 g/mol. The smallest absolute Gasteiger partial charge is 0.431 e. The van der Waals surface area contributed by atoms with Crippen molar-refractivity contribution in [2.75, 3.05) is 0 Å². The van der Waals surface area contributed by atoms with Crippen LogP contribution in [0.15, 0.2) is 22.7 Å². The van der Waals surface area contributed by atoms with Crippen LogP contribution in [0.25, 0.3) is 0 Å². The molecule has 20 heavy (non-hydrogen) atoms. The Morgan fingerprint density at radius 3 is 2.45 bits per heavy atom. The second-order valence-corrected chi connectivity index (χ2v) is 5.88. The van der Waals surface area contributed by atoms with Gasteiger partial charge in [0, 0.05) is 4.88 Å². The van der Waals surface area contributed by atoms with Gasteiger partial charge in [-0.15, -0.1) is 13.2 Å². The molecule has 0 atom stereocenters. The summed E-state index contributed by atoms with van der Waals surface area (Å²) in [4.78, 5) is 5.21. The molecular formula is C12H9BrF3NO2S. The van der Waals surface area contributed by atoms with Gasteiger partial charge < -0.3 is 9.47 Å². The molecule has 2 aromatic rings. The van der Waals surface area contributed by atoms with E-state index in [1.54, 1.807) is 0 Å². The average Bonchev–Trinajstić information content (AvgIpc) is 2.60. The number of hydrogen-bond acceptors (Lipinski definition) is 4. The lowest BCUT2D eigenvalue weighted by Crippen LogP contribution is -2.17. The van der Waals surface area contributed by atoms with Crippen molar-refractivity contribution in [3.05, 3.63) is 33.2 Å². The summed E-state index contributed by atoms with van der Waals surface area (Å²) >= 11 is 4.38. The van der Waals surface area contributed by atoms with Gasteiger partial charge in [0.05, 0.1) is 10.2 Å². The summed E-state index contributed by atoms with van der Waals surface area (Å²) in [7, 11) is 0. The van der Waals surface area contributed by atoms with E-state index in [9.17, 15) is 13.2 Å². The first-order valence-electron chi connectivity index (χ1n) is 5.42. The molecule has 0 N–H and O–H groups in total. The molecule has 1 aromatic carbocycles. The lowest BCUT2D eigenvalue weighted by molar-refractivity contribution is -0.274. The van der Waals surface area contributed by atoms with Crippen molar-refractivity contribution in [3.63, 3.8) is 0 Å². The molecule has 0 aliphatic rings. The van der Waals surface area contributed by atoms with Gasteiger partial charge in [-0.1, -0.05) is 11.3 Å². The Hall–Kier alpha value is -1.28. The molecule has 0 fully saturated rings. The maximum absolute atomic E-state index is 12.1. The molecule has 0 saturated heterocycles. The van der Waals surface area contributed by atoms with E-state index in [-0.39, 0.29) is 10.2 Å². The minimum Gasteiger partial charge on any atom is -0.431 e. The molecule has 0 unspecified atom stereocenters. The Morgan fingerprint density at radius 1 is 1.25 bits per heavy atom. The fourth-order valence-corrected chi connectivity index (χ4v) is 2.55. The fourth-order valence-electron chi connectivity index (χ4n) is 1.34. The number of ether oxygens (including phenoxy) is 2. The van der Waals surface area contributed by atoms with Crippen LogP contribution in [0.1, 0.15) is 10.6 Å². The number of benzene rings is 1. The van der Waals surface area contributed by atoms with E-state index in [0.29, 0.717) is 10.9 Å². The number of halogens is 4. The third kappa shape index (κ3) is 3.86. The summed E-state index contributed by atoms with van der Waals surface area (Å²) in [5.41, 5.74) is 0.862. The second kappa shape index (κ2) is 5.61. The highest BCUT2D eigenvalue weighted by molar-refractivity contribution is 9.10. The Bertz CT molecular complexity index is 608. The molecule has 0 spiro atoms. The Balaban J connectivity index is 2.16. The number of aryl methyl sites for hydroxylation is 2. The van der Waals surface area contributed by atoms with E-state index in [1.165, 1.54) is 29.5 Å². The number of hydrogen-bond donors (Lipinski definition) is 0. The van der Waals surface area contributed by atoms with Crippen LogP contribution in [0.4, 0.5) is 13.2 Å². The maximum atomic E-state index is 12.1. The van der Waals surface area contributed by atoms with Crippen molar-refractivity contribution in [3.8, 4) is 16.7 Å². The van der Waals surface area contributed by atoms with Crippen molar-refractivity contribution < 1.29 is 22.6 Å². The van der Waals surface area contributed by atoms with Gasteiger partial charge in [-0.05, 0) is 48.0 Å². The van der Waals surface area contributed by atoms with Crippen LogP contribution in [-0.4, -0.2) is 11.3 Å². The van der Waals surface area contributed by atoms with Gasteiger partial charge in [0.1, 0.15) is 11.5 Å². The Labute approximate surface area is 125 Å². The molecule has 3 nitrogen and oxygen atoms in total. The van der Waals surface area contributed by atoms with Crippen LogP contribution in [0.2, 0.25) is 0 Å². The number of thiazole rings is 1. The van der Waals surface area contributed by atoms with E-state index in [2.05, 4.69) is 25.7 Å². The lowest BCUT2D eigenvalue weighted by atomic mass is 10.3. The molecule has 1 aromatic heterocycles. The molecule has 8 heteroatoms. The first-order chi connectivity index (χ1) is 9.24. The zero-order valence-corrected chi connectivity index (χ0v) is 12.8. The van der Waals surface area contributed by atoms with Crippen molar-refractivity contribution in [2.24, 2.45) is 0 Å². The summed E-state index contributed by atoms with van der Waals surface area (Å²) < 4.78 is 45.9. The number of aromatic nitrogens is 1. The van der Waals surface area contributed by atoms with Gasteiger partial charge in [0.2, 0.25) is 0 Å². The molecule has 2 rings (SSSR count). The minimum absolute atomic E-state index is 0.150. The largest absolute Gasteiger partial charge is 0.573 e. The van der Waals surface area contributed by atoms with E-state index in [4.69, 9.17) is 4.74 Å². The van der Waals surface area contributed by atoms with Crippen LogP contribution in [0, 0.1) is 13.8 Å².